The average molecular weight is 170 g/mol. The van der Waals surface area contributed by atoms with E-state index >= 15 is 0 Å². The van der Waals surface area contributed by atoms with Crippen molar-refractivity contribution in [3.8, 4) is 0 Å². The zero-order valence-corrected chi connectivity index (χ0v) is 7.10. The minimum atomic E-state index is -0.943. The first-order valence-electron chi connectivity index (χ1n) is 3.22. The van der Waals surface area contributed by atoms with Gasteiger partial charge < -0.3 is 5.73 Å². The molecule has 0 aliphatic rings. The van der Waals surface area contributed by atoms with E-state index < -0.39 is 10.8 Å². The first-order valence-corrected chi connectivity index (χ1v) is 4.78. The van der Waals surface area contributed by atoms with Crippen LogP contribution < -0.4 is 5.73 Å². The van der Waals surface area contributed by atoms with E-state index in [4.69, 9.17) is 5.73 Å². The van der Waals surface area contributed by atoms with E-state index in [1.54, 1.807) is 24.6 Å². The third kappa shape index (κ3) is 2.10. The molecule has 0 aliphatic carbocycles. The van der Waals surface area contributed by atoms with Gasteiger partial charge in [0.05, 0.1) is 21.4 Å². The number of hydrogen-bond donors (Lipinski definition) is 1. The van der Waals surface area contributed by atoms with Crippen LogP contribution in [0.15, 0.2) is 23.2 Å². The molecule has 2 N–H and O–H groups in total. The van der Waals surface area contributed by atoms with Gasteiger partial charge in [-0.25, -0.2) is 0 Å². The molecule has 0 saturated heterocycles. The molecule has 0 saturated carbocycles. The number of pyridine rings is 1. The van der Waals surface area contributed by atoms with Gasteiger partial charge in [0, 0.05) is 19.0 Å². The largest absolute Gasteiger partial charge is 0.325 e. The molecule has 1 atom stereocenters. The van der Waals surface area contributed by atoms with Gasteiger partial charge in [0.2, 0.25) is 0 Å². The Bertz CT molecular complexity index is 258. The lowest BCUT2D eigenvalue weighted by molar-refractivity contribution is 0.686. The highest BCUT2D eigenvalue weighted by molar-refractivity contribution is 7.84. The zero-order valence-electron chi connectivity index (χ0n) is 6.28. The lowest BCUT2D eigenvalue weighted by Gasteiger charge is -1.96. The van der Waals surface area contributed by atoms with Gasteiger partial charge in [0.1, 0.15) is 0 Å². The summed E-state index contributed by atoms with van der Waals surface area (Å²) in [5.41, 5.74) is 6.16. The summed E-state index contributed by atoms with van der Waals surface area (Å²) in [6.07, 6.45) is 3.22. The SMILES string of the molecule is CS(=O)c1ccc(CN)nc1. The molecule has 0 bridgehead atoms. The fourth-order valence-electron chi connectivity index (χ4n) is 0.702. The fraction of sp³-hybridized carbons (Fsp3) is 0.286. The summed E-state index contributed by atoms with van der Waals surface area (Å²) in [4.78, 5) is 4.74. The summed E-state index contributed by atoms with van der Waals surface area (Å²) in [6.45, 7) is 0.427. The number of aromatic nitrogens is 1. The second kappa shape index (κ2) is 3.59. The monoisotopic (exact) mass is 170 g/mol. The van der Waals surface area contributed by atoms with Crippen molar-refractivity contribution in [2.45, 2.75) is 11.4 Å². The van der Waals surface area contributed by atoms with Crippen molar-refractivity contribution in [2.24, 2.45) is 5.73 Å². The van der Waals surface area contributed by atoms with Crippen molar-refractivity contribution in [1.82, 2.24) is 4.98 Å². The van der Waals surface area contributed by atoms with Crippen molar-refractivity contribution in [3.63, 3.8) is 0 Å². The van der Waals surface area contributed by atoms with Crippen LogP contribution in [0.3, 0.4) is 0 Å². The first kappa shape index (κ1) is 8.36. The van der Waals surface area contributed by atoms with E-state index in [0.29, 0.717) is 6.54 Å². The molecule has 60 valence electrons. The van der Waals surface area contributed by atoms with E-state index in [9.17, 15) is 4.21 Å². The van der Waals surface area contributed by atoms with Crippen LogP contribution in [0.2, 0.25) is 0 Å². The van der Waals surface area contributed by atoms with E-state index in [-0.39, 0.29) is 0 Å². The van der Waals surface area contributed by atoms with E-state index in [1.165, 1.54) is 0 Å². The molecule has 0 aromatic carbocycles. The second-order valence-corrected chi connectivity index (χ2v) is 3.52. The average Bonchev–Trinajstić information content (AvgIpc) is 2.05. The van der Waals surface area contributed by atoms with Crippen molar-refractivity contribution in [3.05, 3.63) is 24.0 Å². The molecule has 0 radical (unpaired) electrons. The van der Waals surface area contributed by atoms with E-state index in [1.807, 2.05) is 0 Å². The topological polar surface area (TPSA) is 56.0 Å². The summed E-state index contributed by atoms with van der Waals surface area (Å²) < 4.78 is 10.9. The van der Waals surface area contributed by atoms with Crippen LogP contribution in [0.4, 0.5) is 0 Å². The first-order chi connectivity index (χ1) is 5.24. The van der Waals surface area contributed by atoms with Gasteiger partial charge in [-0.2, -0.15) is 0 Å². The molecular weight excluding hydrogens is 160 g/mol. The third-order valence-electron chi connectivity index (χ3n) is 1.34. The molecule has 1 rings (SSSR count). The molecule has 0 spiro atoms. The molecule has 4 heteroatoms. The third-order valence-corrected chi connectivity index (χ3v) is 2.24. The number of hydrogen-bond acceptors (Lipinski definition) is 3. The highest BCUT2D eigenvalue weighted by Crippen LogP contribution is 2.02. The van der Waals surface area contributed by atoms with Gasteiger partial charge in [0.15, 0.2) is 0 Å². The number of rotatable bonds is 2. The maximum absolute atomic E-state index is 10.9. The number of nitrogens with zero attached hydrogens (tertiary/aromatic N) is 1. The Labute approximate surface area is 68.1 Å². The van der Waals surface area contributed by atoms with Gasteiger partial charge in [-0.3, -0.25) is 9.19 Å². The molecule has 1 aromatic heterocycles. The van der Waals surface area contributed by atoms with Crippen molar-refractivity contribution >= 4 is 10.8 Å². The Morgan fingerprint density at radius 3 is 2.73 bits per heavy atom. The minimum Gasteiger partial charge on any atom is -0.325 e. The quantitative estimate of drug-likeness (QED) is 0.693. The molecule has 1 heterocycles. The smallest absolute Gasteiger partial charge is 0.0568 e. The molecule has 11 heavy (non-hydrogen) atoms. The van der Waals surface area contributed by atoms with Crippen LogP contribution in [0, 0.1) is 0 Å². The van der Waals surface area contributed by atoms with Gasteiger partial charge in [0.25, 0.3) is 0 Å². The molecule has 0 fully saturated rings. The summed E-state index contributed by atoms with van der Waals surface area (Å²) >= 11 is 0. The Morgan fingerprint density at radius 2 is 2.36 bits per heavy atom. The molecule has 1 aromatic rings. The minimum absolute atomic E-state index is 0.427. The summed E-state index contributed by atoms with van der Waals surface area (Å²) in [5.74, 6) is 0. The van der Waals surface area contributed by atoms with Gasteiger partial charge in [-0.1, -0.05) is 0 Å². The lowest BCUT2D eigenvalue weighted by atomic mass is 10.4. The van der Waals surface area contributed by atoms with Gasteiger partial charge >= 0.3 is 0 Å². The summed E-state index contributed by atoms with van der Waals surface area (Å²) in [5, 5.41) is 0. The Hall–Kier alpha value is -0.740. The van der Waals surface area contributed by atoms with Crippen molar-refractivity contribution in [2.75, 3.05) is 6.26 Å². The molecule has 0 aliphatic heterocycles. The fourth-order valence-corrected chi connectivity index (χ4v) is 1.16. The predicted molar refractivity (Wildman–Crippen MR) is 44.5 cm³/mol. The van der Waals surface area contributed by atoms with E-state index in [2.05, 4.69) is 4.98 Å². The van der Waals surface area contributed by atoms with Crippen LogP contribution in [0.1, 0.15) is 5.69 Å². The Morgan fingerprint density at radius 1 is 1.64 bits per heavy atom. The highest BCUT2D eigenvalue weighted by atomic mass is 32.2. The lowest BCUT2D eigenvalue weighted by Crippen LogP contribution is -1.99. The Balaban J connectivity index is 2.91. The standard InChI is InChI=1S/C7H10N2OS/c1-11(10)7-3-2-6(4-8)9-5-7/h2-3,5H,4,8H2,1H3. The molecular formula is C7H10N2OS. The van der Waals surface area contributed by atoms with Crippen LogP contribution in [0.25, 0.3) is 0 Å². The van der Waals surface area contributed by atoms with Crippen LogP contribution in [-0.2, 0) is 17.3 Å². The maximum atomic E-state index is 10.9. The zero-order chi connectivity index (χ0) is 8.27. The maximum Gasteiger partial charge on any atom is 0.0568 e. The Kier molecular flexibility index (Phi) is 2.73. The van der Waals surface area contributed by atoms with Crippen LogP contribution >= 0.6 is 0 Å². The predicted octanol–water partition coefficient (Wildman–Crippen LogP) is 0.278. The summed E-state index contributed by atoms with van der Waals surface area (Å²) in [7, 11) is -0.943. The van der Waals surface area contributed by atoms with Crippen molar-refractivity contribution < 1.29 is 4.21 Å². The van der Waals surface area contributed by atoms with Gasteiger partial charge in [-0.15, -0.1) is 0 Å². The summed E-state index contributed by atoms with van der Waals surface area (Å²) in [6, 6.07) is 3.57. The van der Waals surface area contributed by atoms with Gasteiger partial charge in [-0.05, 0) is 12.1 Å². The second-order valence-electron chi connectivity index (χ2n) is 2.14. The van der Waals surface area contributed by atoms with Crippen LogP contribution in [0.5, 0.6) is 0 Å². The molecule has 1 unspecified atom stereocenters. The van der Waals surface area contributed by atoms with Crippen molar-refractivity contribution in [1.29, 1.82) is 0 Å². The molecule has 0 amide bonds. The highest BCUT2D eigenvalue weighted by Gasteiger charge is 1.96. The van der Waals surface area contributed by atoms with Crippen LogP contribution in [-0.4, -0.2) is 15.4 Å². The molecule has 3 nitrogen and oxygen atoms in total. The van der Waals surface area contributed by atoms with E-state index in [0.717, 1.165) is 10.6 Å². The number of nitrogens with two attached hydrogens (primary N) is 1. The normalized spacial score (nSPS) is 12.9.